The third-order valence-corrected chi connectivity index (χ3v) is 4.63. The molecule has 0 unspecified atom stereocenters. The second-order valence-electron chi connectivity index (χ2n) is 6.68. The first-order valence-corrected chi connectivity index (χ1v) is 8.32. The van der Waals surface area contributed by atoms with Crippen molar-refractivity contribution in [2.75, 3.05) is 18.4 Å². The van der Waals surface area contributed by atoms with Gasteiger partial charge in [-0.1, -0.05) is 26.0 Å². The van der Waals surface area contributed by atoms with E-state index in [1.54, 1.807) is 0 Å². The number of hydrogen-bond acceptors (Lipinski definition) is 3. The van der Waals surface area contributed by atoms with Crippen molar-refractivity contribution in [1.82, 2.24) is 4.90 Å². The number of amides is 2. The summed E-state index contributed by atoms with van der Waals surface area (Å²) < 4.78 is 0. The van der Waals surface area contributed by atoms with Gasteiger partial charge in [-0.25, -0.2) is 0 Å². The number of rotatable bonds is 5. The molecular formula is C18H27N3O2. The summed E-state index contributed by atoms with van der Waals surface area (Å²) in [6.45, 7) is 7.55. The van der Waals surface area contributed by atoms with E-state index in [0.717, 1.165) is 25.1 Å². The van der Waals surface area contributed by atoms with Crippen LogP contribution in [0.15, 0.2) is 24.3 Å². The molecule has 1 aromatic carbocycles. The normalized spacial score (nSPS) is 20.3. The highest BCUT2D eigenvalue weighted by Gasteiger charge is 2.29. The molecule has 1 fully saturated rings. The van der Waals surface area contributed by atoms with Crippen LogP contribution in [0, 0.1) is 5.92 Å². The van der Waals surface area contributed by atoms with E-state index < -0.39 is 0 Å². The molecular weight excluding hydrogens is 290 g/mol. The number of likely N-dealkylation sites (tertiary alicyclic amines) is 1. The summed E-state index contributed by atoms with van der Waals surface area (Å²) in [6.07, 6.45) is 1.71. The van der Waals surface area contributed by atoms with Crippen molar-refractivity contribution in [3.8, 4) is 0 Å². The summed E-state index contributed by atoms with van der Waals surface area (Å²) >= 11 is 0. The van der Waals surface area contributed by atoms with Crippen LogP contribution in [0.3, 0.4) is 0 Å². The van der Waals surface area contributed by atoms with Crippen molar-refractivity contribution < 1.29 is 9.59 Å². The topological polar surface area (TPSA) is 75.4 Å². The highest BCUT2D eigenvalue weighted by molar-refractivity contribution is 5.94. The molecule has 0 aliphatic carbocycles. The van der Waals surface area contributed by atoms with Crippen LogP contribution in [0.2, 0.25) is 0 Å². The highest BCUT2D eigenvalue weighted by atomic mass is 16.2. The molecule has 5 heteroatoms. The van der Waals surface area contributed by atoms with E-state index in [-0.39, 0.29) is 23.8 Å². The van der Waals surface area contributed by atoms with Crippen LogP contribution in [-0.4, -0.2) is 35.8 Å². The molecule has 126 valence electrons. The average Bonchev–Trinajstić information content (AvgIpc) is 2.54. The maximum atomic E-state index is 12.4. The number of piperidine rings is 1. The largest absolute Gasteiger partial charge is 0.369 e. The molecule has 3 N–H and O–H groups in total. The zero-order chi connectivity index (χ0) is 17.0. The van der Waals surface area contributed by atoms with Crippen LogP contribution in [-0.2, 0) is 9.59 Å². The summed E-state index contributed by atoms with van der Waals surface area (Å²) in [6, 6.07) is 7.66. The number of primary amides is 1. The Hall–Kier alpha value is -1.88. The maximum Gasteiger partial charge on any atom is 0.241 e. The Morgan fingerprint density at radius 3 is 2.43 bits per heavy atom. The van der Waals surface area contributed by atoms with E-state index in [1.807, 2.05) is 36.1 Å². The van der Waals surface area contributed by atoms with Crippen molar-refractivity contribution in [3.05, 3.63) is 29.8 Å². The van der Waals surface area contributed by atoms with Gasteiger partial charge in [0.15, 0.2) is 0 Å². The lowest BCUT2D eigenvalue weighted by molar-refractivity contribution is -0.127. The van der Waals surface area contributed by atoms with Crippen LogP contribution >= 0.6 is 0 Å². The lowest BCUT2D eigenvalue weighted by atomic mass is 9.96. The fourth-order valence-electron chi connectivity index (χ4n) is 2.95. The summed E-state index contributed by atoms with van der Waals surface area (Å²) in [4.78, 5) is 25.8. The van der Waals surface area contributed by atoms with Gasteiger partial charge in [0.25, 0.3) is 0 Å². The van der Waals surface area contributed by atoms with E-state index >= 15 is 0 Å². The zero-order valence-electron chi connectivity index (χ0n) is 14.2. The van der Waals surface area contributed by atoms with Crippen molar-refractivity contribution in [3.63, 3.8) is 0 Å². The minimum absolute atomic E-state index is 0.0487. The Morgan fingerprint density at radius 2 is 1.87 bits per heavy atom. The van der Waals surface area contributed by atoms with Gasteiger partial charge in [-0.15, -0.1) is 0 Å². The molecule has 1 aliphatic rings. The molecule has 0 radical (unpaired) electrons. The van der Waals surface area contributed by atoms with Crippen LogP contribution < -0.4 is 11.1 Å². The molecule has 2 rings (SSSR count). The second kappa shape index (κ2) is 7.59. The van der Waals surface area contributed by atoms with Gasteiger partial charge < -0.3 is 11.1 Å². The van der Waals surface area contributed by atoms with Crippen molar-refractivity contribution in [2.24, 2.45) is 11.7 Å². The first-order valence-electron chi connectivity index (χ1n) is 8.32. The first kappa shape index (κ1) is 17.5. The molecule has 2 atom stereocenters. The van der Waals surface area contributed by atoms with Gasteiger partial charge in [-0.05, 0) is 49.9 Å². The maximum absolute atomic E-state index is 12.4. The zero-order valence-corrected chi connectivity index (χ0v) is 14.2. The molecule has 0 bridgehead atoms. The predicted molar refractivity (Wildman–Crippen MR) is 92.1 cm³/mol. The van der Waals surface area contributed by atoms with Gasteiger partial charge in [0.1, 0.15) is 0 Å². The summed E-state index contributed by atoms with van der Waals surface area (Å²) in [5.74, 6) is 0.00100. The second-order valence-corrected chi connectivity index (χ2v) is 6.68. The molecule has 0 spiro atoms. The molecule has 1 aromatic rings. The minimum atomic E-state index is -0.276. The van der Waals surface area contributed by atoms with E-state index in [0.29, 0.717) is 12.5 Å². The summed E-state index contributed by atoms with van der Waals surface area (Å²) in [5, 5.41) is 2.95. The summed E-state index contributed by atoms with van der Waals surface area (Å²) in [5.41, 5.74) is 7.45. The third kappa shape index (κ3) is 4.55. The summed E-state index contributed by atoms with van der Waals surface area (Å²) in [7, 11) is 0. The standard InChI is InChI=1S/C18H27N3O2/c1-12(2)14-6-8-16(9-7-14)20-18(23)13(3)21-10-4-5-15(11-21)17(19)22/h6-9,12-13,15H,4-5,10-11H2,1-3H3,(H2,19,22)(H,20,23)/t13-,15+/m0/s1. The average molecular weight is 317 g/mol. The SMILES string of the molecule is CC(C)c1ccc(NC(=O)[C@H](C)N2CCC[C@@H](C(N)=O)C2)cc1. The molecule has 0 saturated carbocycles. The van der Waals surface area contributed by atoms with Gasteiger partial charge in [0.2, 0.25) is 11.8 Å². The van der Waals surface area contributed by atoms with Crippen molar-refractivity contribution in [1.29, 1.82) is 0 Å². The van der Waals surface area contributed by atoms with E-state index in [9.17, 15) is 9.59 Å². The van der Waals surface area contributed by atoms with Gasteiger partial charge in [0.05, 0.1) is 12.0 Å². The number of nitrogens with two attached hydrogens (primary N) is 1. The van der Waals surface area contributed by atoms with E-state index in [1.165, 1.54) is 5.56 Å². The fourth-order valence-corrected chi connectivity index (χ4v) is 2.95. The van der Waals surface area contributed by atoms with Crippen LogP contribution in [0.4, 0.5) is 5.69 Å². The lowest BCUT2D eigenvalue weighted by Crippen LogP contribution is -2.49. The van der Waals surface area contributed by atoms with Gasteiger partial charge in [-0.3, -0.25) is 14.5 Å². The van der Waals surface area contributed by atoms with Crippen LogP contribution in [0.5, 0.6) is 0 Å². The van der Waals surface area contributed by atoms with Crippen LogP contribution in [0.1, 0.15) is 45.1 Å². The van der Waals surface area contributed by atoms with Gasteiger partial charge in [0, 0.05) is 12.2 Å². The van der Waals surface area contributed by atoms with E-state index in [4.69, 9.17) is 5.73 Å². The molecule has 5 nitrogen and oxygen atoms in total. The van der Waals surface area contributed by atoms with Crippen LogP contribution in [0.25, 0.3) is 0 Å². The van der Waals surface area contributed by atoms with Crippen molar-refractivity contribution in [2.45, 2.75) is 45.6 Å². The van der Waals surface area contributed by atoms with Gasteiger partial charge in [-0.2, -0.15) is 0 Å². The minimum Gasteiger partial charge on any atom is -0.369 e. The molecule has 23 heavy (non-hydrogen) atoms. The van der Waals surface area contributed by atoms with Crippen molar-refractivity contribution >= 4 is 17.5 Å². The quantitative estimate of drug-likeness (QED) is 0.875. The molecule has 0 aromatic heterocycles. The number of nitrogens with zero attached hydrogens (tertiary/aromatic N) is 1. The number of carbonyl (C=O) groups excluding carboxylic acids is 2. The number of carbonyl (C=O) groups is 2. The lowest BCUT2D eigenvalue weighted by Gasteiger charge is -2.34. The number of nitrogens with one attached hydrogen (secondary N) is 1. The molecule has 2 amide bonds. The Kier molecular flexibility index (Phi) is 5.77. The Balaban J connectivity index is 1.95. The highest BCUT2D eigenvalue weighted by Crippen LogP contribution is 2.20. The molecule has 1 aliphatic heterocycles. The third-order valence-electron chi connectivity index (χ3n) is 4.63. The number of benzene rings is 1. The smallest absolute Gasteiger partial charge is 0.241 e. The van der Waals surface area contributed by atoms with E-state index in [2.05, 4.69) is 19.2 Å². The number of hydrogen-bond donors (Lipinski definition) is 2. The monoisotopic (exact) mass is 317 g/mol. The Morgan fingerprint density at radius 1 is 1.22 bits per heavy atom. The Bertz CT molecular complexity index is 554. The molecule has 1 saturated heterocycles. The fraction of sp³-hybridized carbons (Fsp3) is 0.556. The Labute approximate surface area is 138 Å². The molecule has 1 heterocycles. The first-order chi connectivity index (χ1) is 10.9. The van der Waals surface area contributed by atoms with Gasteiger partial charge >= 0.3 is 0 Å². The predicted octanol–water partition coefficient (Wildman–Crippen LogP) is 2.33. The number of anilines is 1.